The van der Waals surface area contributed by atoms with Crippen LogP contribution in [0.2, 0.25) is 5.02 Å². The second-order valence-corrected chi connectivity index (χ2v) is 5.33. The van der Waals surface area contributed by atoms with Crippen LogP contribution in [0.1, 0.15) is 22.3 Å². The minimum absolute atomic E-state index is 0.236. The van der Waals surface area contributed by atoms with Crippen LogP contribution in [0.3, 0.4) is 0 Å². The molecule has 0 atom stereocenters. The molecule has 0 spiro atoms. The van der Waals surface area contributed by atoms with Gasteiger partial charge >= 0.3 is 0 Å². The molecule has 98 valence electrons. The molecule has 2 aromatic carbocycles. The van der Waals surface area contributed by atoms with Gasteiger partial charge in [-0.15, -0.1) is 0 Å². The Kier molecular flexibility index (Phi) is 4.39. The second kappa shape index (κ2) is 6.03. The first-order valence-corrected chi connectivity index (χ1v) is 6.75. The van der Waals surface area contributed by atoms with Crippen molar-refractivity contribution in [2.24, 2.45) is 0 Å². The number of hydrogen-bond donors (Lipinski definition) is 0. The molecule has 0 aromatic heterocycles. The SMILES string of the molecule is Cc1cccc(C)c1CC(=O)Cc1ccc(Cl)cc1. The molecule has 19 heavy (non-hydrogen) atoms. The molecule has 0 fully saturated rings. The maximum Gasteiger partial charge on any atom is 0.141 e. The predicted octanol–water partition coefficient (Wildman–Crippen LogP) is 4.31. The fraction of sp³-hybridized carbons (Fsp3) is 0.235. The van der Waals surface area contributed by atoms with E-state index in [1.165, 1.54) is 11.1 Å². The van der Waals surface area contributed by atoms with E-state index >= 15 is 0 Å². The summed E-state index contributed by atoms with van der Waals surface area (Å²) in [7, 11) is 0. The lowest BCUT2D eigenvalue weighted by Gasteiger charge is -2.09. The minimum atomic E-state index is 0.236. The average Bonchev–Trinajstić information content (AvgIpc) is 2.37. The van der Waals surface area contributed by atoms with Gasteiger partial charge in [0.2, 0.25) is 0 Å². The Balaban J connectivity index is 2.07. The van der Waals surface area contributed by atoms with Crippen molar-refractivity contribution in [3.63, 3.8) is 0 Å². The third kappa shape index (κ3) is 3.68. The van der Waals surface area contributed by atoms with Crippen LogP contribution in [0, 0.1) is 13.8 Å². The number of Topliss-reactive ketones (excluding diaryl/α,β-unsaturated/α-hetero) is 1. The standard InChI is InChI=1S/C17H17ClO/c1-12-4-3-5-13(2)17(12)11-16(19)10-14-6-8-15(18)9-7-14/h3-9H,10-11H2,1-2H3. The van der Waals surface area contributed by atoms with Gasteiger partial charge in [-0.2, -0.15) is 0 Å². The summed E-state index contributed by atoms with van der Waals surface area (Å²) in [6.45, 7) is 4.11. The highest BCUT2D eigenvalue weighted by Gasteiger charge is 2.09. The summed E-state index contributed by atoms with van der Waals surface area (Å²) < 4.78 is 0. The number of halogens is 1. The zero-order valence-corrected chi connectivity index (χ0v) is 12.0. The van der Waals surface area contributed by atoms with Gasteiger partial charge in [0.25, 0.3) is 0 Å². The van der Waals surface area contributed by atoms with Crippen LogP contribution >= 0.6 is 11.6 Å². The molecule has 0 amide bonds. The molecule has 2 rings (SSSR count). The van der Waals surface area contributed by atoms with Crippen molar-refractivity contribution in [1.29, 1.82) is 0 Å². The van der Waals surface area contributed by atoms with Gasteiger partial charge in [0, 0.05) is 17.9 Å². The molecule has 0 bridgehead atoms. The third-order valence-electron chi connectivity index (χ3n) is 3.33. The number of ketones is 1. The average molecular weight is 273 g/mol. The van der Waals surface area contributed by atoms with Gasteiger partial charge in [-0.1, -0.05) is 41.9 Å². The van der Waals surface area contributed by atoms with Crippen molar-refractivity contribution < 1.29 is 4.79 Å². The molecule has 0 aliphatic rings. The van der Waals surface area contributed by atoms with E-state index in [0.717, 1.165) is 11.1 Å². The zero-order valence-electron chi connectivity index (χ0n) is 11.2. The summed E-state index contributed by atoms with van der Waals surface area (Å²) >= 11 is 5.83. The van der Waals surface area contributed by atoms with Crippen LogP contribution in [0.25, 0.3) is 0 Å². The first kappa shape index (κ1) is 13.8. The summed E-state index contributed by atoms with van der Waals surface area (Å²) in [6.07, 6.45) is 0.964. The van der Waals surface area contributed by atoms with Crippen molar-refractivity contribution in [3.05, 3.63) is 69.7 Å². The highest BCUT2D eigenvalue weighted by Crippen LogP contribution is 2.16. The lowest BCUT2D eigenvalue weighted by molar-refractivity contribution is -0.117. The largest absolute Gasteiger partial charge is 0.299 e. The van der Waals surface area contributed by atoms with Crippen molar-refractivity contribution >= 4 is 17.4 Å². The Bertz CT molecular complexity index is 564. The van der Waals surface area contributed by atoms with Crippen molar-refractivity contribution in [2.45, 2.75) is 26.7 Å². The number of carbonyl (C=O) groups excluding carboxylic acids is 1. The van der Waals surface area contributed by atoms with Crippen molar-refractivity contribution in [1.82, 2.24) is 0 Å². The highest BCUT2D eigenvalue weighted by atomic mass is 35.5. The molecular weight excluding hydrogens is 256 g/mol. The maximum absolute atomic E-state index is 12.1. The molecule has 0 radical (unpaired) electrons. The summed E-state index contributed by atoms with van der Waals surface area (Å²) in [6, 6.07) is 13.6. The summed E-state index contributed by atoms with van der Waals surface area (Å²) in [5.41, 5.74) is 4.54. The van der Waals surface area contributed by atoms with E-state index in [4.69, 9.17) is 11.6 Å². The molecule has 0 N–H and O–H groups in total. The van der Waals surface area contributed by atoms with Crippen LogP contribution in [-0.2, 0) is 17.6 Å². The Labute approximate surface area is 119 Å². The quantitative estimate of drug-likeness (QED) is 0.810. The van der Waals surface area contributed by atoms with Crippen molar-refractivity contribution in [3.8, 4) is 0 Å². The Morgan fingerprint density at radius 1 is 0.947 bits per heavy atom. The van der Waals surface area contributed by atoms with Gasteiger partial charge < -0.3 is 0 Å². The van der Waals surface area contributed by atoms with E-state index in [0.29, 0.717) is 17.9 Å². The summed E-state index contributed by atoms with van der Waals surface area (Å²) in [5, 5.41) is 0.700. The monoisotopic (exact) mass is 272 g/mol. The molecule has 0 saturated heterocycles. The van der Waals surface area contributed by atoms with Gasteiger partial charge in [0.15, 0.2) is 0 Å². The number of benzene rings is 2. The summed E-state index contributed by atoms with van der Waals surface area (Å²) in [4.78, 5) is 12.1. The second-order valence-electron chi connectivity index (χ2n) is 4.89. The van der Waals surface area contributed by atoms with Crippen LogP contribution in [-0.4, -0.2) is 5.78 Å². The molecule has 2 heteroatoms. The summed E-state index contributed by atoms with van der Waals surface area (Å²) in [5.74, 6) is 0.236. The molecule has 2 aromatic rings. The Hall–Kier alpha value is -1.60. The van der Waals surface area contributed by atoms with Gasteiger partial charge in [-0.05, 0) is 48.2 Å². The minimum Gasteiger partial charge on any atom is -0.299 e. The molecule has 0 aliphatic heterocycles. The Morgan fingerprint density at radius 2 is 1.53 bits per heavy atom. The molecular formula is C17H17ClO. The van der Waals surface area contributed by atoms with Crippen molar-refractivity contribution in [2.75, 3.05) is 0 Å². The van der Waals surface area contributed by atoms with Gasteiger partial charge in [0.05, 0.1) is 0 Å². The molecule has 1 nitrogen and oxygen atoms in total. The van der Waals surface area contributed by atoms with E-state index in [1.807, 2.05) is 30.3 Å². The number of hydrogen-bond acceptors (Lipinski definition) is 1. The molecule has 0 heterocycles. The predicted molar refractivity (Wildman–Crippen MR) is 79.8 cm³/mol. The van der Waals surface area contributed by atoms with E-state index in [9.17, 15) is 4.79 Å². The first-order valence-electron chi connectivity index (χ1n) is 6.37. The van der Waals surface area contributed by atoms with Gasteiger partial charge in [-0.3, -0.25) is 4.79 Å². The lowest BCUT2D eigenvalue weighted by Crippen LogP contribution is -2.08. The first-order chi connectivity index (χ1) is 9.06. The maximum atomic E-state index is 12.1. The van der Waals surface area contributed by atoms with Crippen LogP contribution in [0.5, 0.6) is 0 Å². The number of rotatable bonds is 4. The molecule has 0 unspecified atom stereocenters. The van der Waals surface area contributed by atoms with Crippen LogP contribution in [0.4, 0.5) is 0 Å². The van der Waals surface area contributed by atoms with E-state index in [1.54, 1.807) is 0 Å². The lowest BCUT2D eigenvalue weighted by atomic mass is 9.96. The van der Waals surface area contributed by atoms with Gasteiger partial charge in [-0.25, -0.2) is 0 Å². The molecule has 0 aliphatic carbocycles. The van der Waals surface area contributed by atoms with Gasteiger partial charge in [0.1, 0.15) is 5.78 Å². The number of aryl methyl sites for hydroxylation is 2. The van der Waals surface area contributed by atoms with Crippen LogP contribution in [0.15, 0.2) is 42.5 Å². The normalized spacial score (nSPS) is 10.5. The Morgan fingerprint density at radius 3 is 2.11 bits per heavy atom. The highest BCUT2D eigenvalue weighted by molar-refractivity contribution is 6.30. The van der Waals surface area contributed by atoms with E-state index in [-0.39, 0.29) is 5.78 Å². The fourth-order valence-electron chi connectivity index (χ4n) is 2.22. The topological polar surface area (TPSA) is 17.1 Å². The fourth-order valence-corrected chi connectivity index (χ4v) is 2.34. The number of carbonyl (C=O) groups is 1. The van der Waals surface area contributed by atoms with E-state index < -0.39 is 0 Å². The van der Waals surface area contributed by atoms with E-state index in [2.05, 4.69) is 26.0 Å². The molecule has 0 saturated carbocycles. The zero-order chi connectivity index (χ0) is 13.8. The smallest absolute Gasteiger partial charge is 0.141 e. The van der Waals surface area contributed by atoms with Crippen LogP contribution < -0.4 is 0 Å². The third-order valence-corrected chi connectivity index (χ3v) is 3.58.